The van der Waals surface area contributed by atoms with Crippen molar-refractivity contribution < 1.29 is 9.59 Å². The number of anilines is 2. The van der Waals surface area contributed by atoms with Gasteiger partial charge in [-0.3, -0.25) is 9.59 Å². The first-order chi connectivity index (χ1) is 13.6. The van der Waals surface area contributed by atoms with E-state index in [0.29, 0.717) is 18.1 Å². The third-order valence-corrected chi connectivity index (χ3v) is 5.56. The van der Waals surface area contributed by atoms with E-state index in [1.54, 1.807) is 23.1 Å². The third kappa shape index (κ3) is 4.12. The molecule has 2 aliphatic rings. The average Bonchev–Trinajstić information content (AvgIpc) is 3.36. The molecule has 146 valence electrons. The SMILES string of the molecule is O=C(NCc1ccc(N2CCCC2)nc1)[C@H]1CC(=O)N(c2cccc(Cl)c2)C1. The summed E-state index contributed by atoms with van der Waals surface area (Å²) in [5.41, 5.74) is 1.68. The van der Waals surface area contributed by atoms with E-state index >= 15 is 0 Å². The molecule has 28 heavy (non-hydrogen) atoms. The number of nitrogens with one attached hydrogen (secondary N) is 1. The fourth-order valence-corrected chi connectivity index (χ4v) is 3.95. The van der Waals surface area contributed by atoms with E-state index in [1.165, 1.54) is 12.8 Å². The summed E-state index contributed by atoms with van der Waals surface area (Å²) in [5.74, 6) is 0.468. The molecule has 0 saturated carbocycles. The van der Waals surface area contributed by atoms with Gasteiger partial charge in [0.05, 0.1) is 5.92 Å². The van der Waals surface area contributed by atoms with E-state index in [0.717, 1.165) is 30.2 Å². The lowest BCUT2D eigenvalue weighted by molar-refractivity contribution is -0.126. The molecule has 1 aromatic carbocycles. The Bertz CT molecular complexity index is 865. The predicted molar refractivity (Wildman–Crippen MR) is 109 cm³/mol. The maximum Gasteiger partial charge on any atom is 0.227 e. The van der Waals surface area contributed by atoms with Crippen molar-refractivity contribution in [1.29, 1.82) is 0 Å². The van der Waals surface area contributed by atoms with E-state index in [2.05, 4.69) is 15.2 Å². The lowest BCUT2D eigenvalue weighted by atomic mass is 10.1. The number of carbonyl (C=O) groups excluding carboxylic acids is 2. The molecule has 4 rings (SSSR count). The van der Waals surface area contributed by atoms with Gasteiger partial charge in [0.1, 0.15) is 5.82 Å². The van der Waals surface area contributed by atoms with Gasteiger partial charge in [0.15, 0.2) is 0 Å². The standard InChI is InChI=1S/C21H23ClN4O2/c22-17-4-3-5-18(11-17)26-14-16(10-20(26)27)21(28)24-13-15-6-7-19(23-12-15)25-8-1-2-9-25/h3-7,11-12,16H,1-2,8-10,13-14H2,(H,24,28)/t16-/m0/s1. The summed E-state index contributed by atoms with van der Waals surface area (Å²) in [7, 11) is 0. The molecule has 2 amide bonds. The first-order valence-electron chi connectivity index (χ1n) is 9.64. The molecule has 1 aromatic heterocycles. The maximum absolute atomic E-state index is 12.5. The molecule has 0 aliphatic carbocycles. The highest BCUT2D eigenvalue weighted by atomic mass is 35.5. The van der Waals surface area contributed by atoms with Crippen molar-refractivity contribution in [3.8, 4) is 0 Å². The Morgan fingerprint density at radius 2 is 2.04 bits per heavy atom. The van der Waals surface area contributed by atoms with Crippen molar-refractivity contribution in [2.75, 3.05) is 29.4 Å². The van der Waals surface area contributed by atoms with Crippen LogP contribution in [0.2, 0.25) is 5.02 Å². The van der Waals surface area contributed by atoms with Crippen LogP contribution in [0.3, 0.4) is 0 Å². The molecule has 1 N–H and O–H groups in total. The molecular weight excluding hydrogens is 376 g/mol. The molecule has 0 bridgehead atoms. The highest BCUT2D eigenvalue weighted by molar-refractivity contribution is 6.31. The van der Waals surface area contributed by atoms with Crippen LogP contribution in [0.1, 0.15) is 24.8 Å². The van der Waals surface area contributed by atoms with Gasteiger partial charge in [-0.15, -0.1) is 0 Å². The first kappa shape index (κ1) is 18.7. The lowest BCUT2D eigenvalue weighted by Gasteiger charge is -2.17. The molecule has 0 spiro atoms. The molecule has 2 aromatic rings. The van der Waals surface area contributed by atoms with Crippen molar-refractivity contribution in [2.45, 2.75) is 25.8 Å². The molecular formula is C21H23ClN4O2. The fraction of sp³-hybridized carbons (Fsp3) is 0.381. The second-order valence-electron chi connectivity index (χ2n) is 7.32. The van der Waals surface area contributed by atoms with Gasteiger partial charge in [0.25, 0.3) is 0 Å². The summed E-state index contributed by atoms with van der Waals surface area (Å²) < 4.78 is 0. The van der Waals surface area contributed by atoms with Crippen LogP contribution >= 0.6 is 11.6 Å². The molecule has 1 atom stereocenters. The van der Waals surface area contributed by atoms with Crippen molar-refractivity contribution >= 4 is 34.9 Å². The van der Waals surface area contributed by atoms with Gasteiger partial charge in [-0.2, -0.15) is 0 Å². The number of benzene rings is 1. The van der Waals surface area contributed by atoms with Gasteiger partial charge in [-0.05, 0) is 42.7 Å². The molecule has 6 nitrogen and oxygen atoms in total. The van der Waals surface area contributed by atoms with Gasteiger partial charge in [0, 0.05) is 49.5 Å². The normalized spacial score (nSPS) is 19.3. The average molecular weight is 399 g/mol. The van der Waals surface area contributed by atoms with Crippen LogP contribution in [0.15, 0.2) is 42.6 Å². The number of hydrogen-bond donors (Lipinski definition) is 1. The zero-order chi connectivity index (χ0) is 19.5. The fourth-order valence-electron chi connectivity index (χ4n) is 3.76. The monoisotopic (exact) mass is 398 g/mol. The van der Waals surface area contributed by atoms with Crippen molar-refractivity contribution in [1.82, 2.24) is 10.3 Å². The zero-order valence-electron chi connectivity index (χ0n) is 15.6. The molecule has 7 heteroatoms. The van der Waals surface area contributed by atoms with Gasteiger partial charge < -0.3 is 15.1 Å². The minimum absolute atomic E-state index is 0.0564. The summed E-state index contributed by atoms with van der Waals surface area (Å²) >= 11 is 6.01. The first-order valence-corrected chi connectivity index (χ1v) is 10.0. The van der Waals surface area contributed by atoms with Crippen LogP contribution in [0.25, 0.3) is 0 Å². The zero-order valence-corrected chi connectivity index (χ0v) is 16.4. The Balaban J connectivity index is 1.32. The Hall–Kier alpha value is -2.60. The minimum Gasteiger partial charge on any atom is -0.357 e. The second-order valence-corrected chi connectivity index (χ2v) is 7.76. The molecule has 0 radical (unpaired) electrons. The quantitative estimate of drug-likeness (QED) is 0.840. The van der Waals surface area contributed by atoms with Crippen LogP contribution in [0, 0.1) is 5.92 Å². The Labute approximate surface area is 169 Å². The van der Waals surface area contributed by atoms with Gasteiger partial charge in [0.2, 0.25) is 11.8 Å². The van der Waals surface area contributed by atoms with E-state index < -0.39 is 0 Å². The number of pyridine rings is 1. The maximum atomic E-state index is 12.5. The second kappa shape index (κ2) is 8.19. The van der Waals surface area contributed by atoms with Gasteiger partial charge in [-0.25, -0.2) is 4.98 Å². The lowest BCUT2D eigenvalue weighted by Crippen LogP contribution is -2.32. The topological polar surface area (TPSA) is 65.5 Å². The molecule has 2 aliphatic heterocycles. The number of amides is 2. The smallest absolute Gasteiger partial charge is 0.227 e. The van der Waals surface area contributed by atoms with Crippen molar-refractivity contribution in [2.24, 2.45) is 5.92 Å². The Morgan fingerprint density at radius 3 is 2.75 bits per heavy atom. The number of carbonyl (C=O) groups is 2. The van der Waals surface area contributed by atoms with Crippen LogP contribution in [0.5, 0.6) is 0 Å². The van der Waals surface area contributed by atoms with E-state index in [9.17, 15) is 9.59 Å². The largest absolute Gasteiger partial charge is 0.357 e. The number of rotatable bonds is 5. The number of halogens is 1. The van der Waals surface area contributed by atoms with Gasteiger partial charge in [-0.1, -0.05) is 23.7 Å². The summed E-state index contributed by atoms with van der Waals surface area (Å²) in [5, 5.41) is 3.51. The highest BCUT2D eigenvalue weighted by Gasteiger charge is 2.35. The van der Waals surface area contributed by atoms with E-state index in [1.807, 2.05) is 24.4 Å². The Kier molecular flexibility index (Phi) is 5.48. The number of aromatic nitrogens is 1. The Morgan fingerprint density at radius 1 is 1.21 bits per heavy atom. The molecule has 3 heterocycles. The van der Waals surface area contributed by atoms with Gasteiger partial charge >= 0.3 is 0 Å². The highest BCUT2D eigenvalue weighted by Crippen LogP contribution is 2.27. The predicted octanol–water partition coefficient (Wildman–Crippen LogP) is 3.00. The van der Waals surface area contributed by atoms with Crippen LogP contribution in [-0.4, -0.2) is 36.4 Å². The van der Waals surface area contributed by atoms with Crippen LogP contribution < -0.4 is 15.1 Å². The van der Waals surface area contributed by atoms with E-state index in [-0.39, 0.29) is 24.2 Å². The molecule has 2 fully saturated rings. The summed E-state index contributed by atoms with van der Waals surface area (Å²) in [6.45, 7) is 2.90. The molecule has 0 unspecified atom stereocenters. The third-order valence-electron chi connectivity index (χ3n) is 5.32. The van der Waals surface area contributed by atoms with Crippen LogP contribution in [0.4, 0.5) is 11.5 Å². The van der Waals surface area contributed by atoms with Crippen molar-refractivity contribution in [3.63, 3.8) is 0 Å². The van der Waals surface area contributed by atoms with E-state index in [4.69, 9.17) is 11.6 Å². The summed E-state index contributed by atoms with van der Waals surface area (Å²) in [6.07, 6.45) is 4.45. The minimum atomic E-state index is -0.358. The summed E-state index contributed by atoms with van der Waals surface area (Å²) in [6, 6.07) is 11.1. The number of nitrogens with zero attached hydrogens (tertiary/aromatic N) is 3. The van der Waals surface area contributed by atoms with Crippen LogP contribution in [-0.2, 0) is 16.1 Å². The van der Waals surface area contributed by atoms with Crippen molar-refractivity contribution in [3.05, 3.63) is 53.2 Å². The molecule has 2 saturated heterocycles. The summed E-state index contributed by atoms with van der Waals surface area (Å²) in [4.78, 5) is 33.3. The number of hydrogen-bond acceptors (Lipinski definition) is 4.